The summed E-state index contributed by atoms with van der Waals surface area (Å²) in [4.78, 5) is 32.9. The summed E-state index contributed by atoms with van der Waals surface area (Å²) in [7, 11) is 1.64. The quantitative estimate of drug-likeness (QED) is 0.309. The molecule has 1 fully saturated rings. The van der Waals surface area contributed by atoms with Gasteiger partial charge in [-0.1, -0.05) is 60.4 Å². The molecule has 32 heavy (non-hydrogen) atoms. The Hall–Kier alpha value is -3.01. The molecule has 1 aromatic carbocycles. The molecule has 4 rings (SSSR count). The zero-order valence-corrected chi connectivity index (χ0v) is 19.1. The third kappa shape index (κ3) is 4.74. The highest BCUT2D eigenvalue weighted by Crippen LogP contribution is 2.34. The lowest BCUT2D eigenvalue weighted by atomic mass is 10.2. The van der Waals surface area contributed by atoms with E-state index in [1.807, 2.05) is 36.4 Å². The number of hydrogen-bond donors (Lipinski definition) is 1. The number of fused-ring (bicyclic) bond motifs is 1. The van der Waals surface area contributed by atoms with Crippen LogP contribution in [0.5, 0.6) is 0 Å². The summed E-state index contributed by atoms with van der Waals surface area (Å²) >= 11 is 6.65. The van der Waals surface area contributed by atoms with Crippen molar-refractivity contribution in [1.29, 1.82) is 0 Å². The molecule has 1 aliphatic rings. The molecular weight excluding hydrogens is 444 g/mol. The van der Waals surface area contributed by atoms with Gasteiger partial charge in [-0.3, -0.25) is 18.9 Å². The van der Waals surface area contributed by atoms with E-state index < -0.39 is 0 Å². The number of benzene rings is 1. The first-order valence-electron chi connectivity index (χ1n) is 10.1. The highest BCUT2D eigenvalue weighted by Gasteiger charge is 2.32. The van der Waals surface area contributed by atoms with E-state index in [0.717, 1.165) is 12.0 Å². The predicted octanol–water partition coefficient (Wildman–Crippen LogP) is 3.54. The molecule has 164 valence electrons. The van der Waals surface area contributed by atoms with Crippen molar-refractivity contribution in [3.05, 3.63) is 81.1 Å². The van der Waals surface area contributed by atoms with Gasteiger partial charge in [-0.25, -0.2) is 4.98 Å². The summed E-state index contributed by atoms with van der Waals surface area (Å²) < 4.78 is 7.03. The second kappa shape index (κ2) is 10.1. The van der Waals surface area contributed by atoms with Crippen LogP contribution in [-0.2, 0) is 16.1 Å². The molecule has 0 unspecified atom stereocenters. The molecule has 0 spiro atoms. The van der Waals surface area contributed by atoms with Crippen LogP contribution in [-0.4, -0.2) is 44.8 Å². The smallest absolute Gasteiger partial charge is 0.267 e. The summed E-state index contributed by atoms with van der Waals surface area (Å²) in [5.74, 6) is 0.220. The molecule has 7 nitrogen and oxygen atoms in total. The molecule has 2 aromatic heterocycles. The van der Waals surface area contributed by atoms with Crippen LogP contribution < -0.4 is 10.9 Å². The average molecular weight is 467 g/mol. The van der Waals surface area contributed by atoms with Crippen molar-refractivity contribution in [2.75, 3.05) is 25.6 Å². The normalized spacial score (nSPS) is 15.2. The molecule has 0 atom stereocenters. The van der Waals surface area contributed by atoms with Crippen molar-refractivity contribution in [3.8, 4) is 0 Å². The molecular formula is C23H22N4O3S2. The number of thiocarbonyl (C=S) groups is 1. The van der Waals surface area contributed by atoms with E-state index in [2.05, 4.69) is 10.3 Å². The van der Waals surface area contributed by atoms with Gasteiger partial charge in [0.2, 0.25) is 0 Å². The lowest BCUT2D eigenvalue weighted by molar-refractivity contribution is -0.122. The Kier molecular flexibility index (Phi) is 6.99. The monoisotopic (exact) mass is 466 g/mol. The van der Waals surface area contributed by atoms with E-state index in [1.54, 1.807) is 36.4 Å². The van der Waals surface area contributed by atoms with Gasteiger partial charge >= 0.3 is 0 Å². The van der Waals surface area contributed by atoms with Crippen LogP contribution in [0.4, 0.5) is 5.82 Å². The molecule has 0 saturated carbocycles. The van der Waals surface area contributed by atoms with E-state index >= 15 is 0 Å². The lowest BCUT2D eigenvalue weighted by Gasteiger charge is -2.14. The van der Waals surface area contributed by atoms with Crippen molar-refractivity contribution in [2.24, 2.45) is 0 Å². The van der Waals surface area contributed by atoms with Gasteiger partial charge in [0.25, 0.3) is 11.5 Å². The highest BCUT2D eigenvalue weighted by molar-refractivity contribution is 8.26. The number of amides is 1. The van der Waals surface area contributed by atoms with Gasteiger partial charge in [-0.2, -0.15) is 0 Å². The van der Waals surface area contributed by atoms with Crippen LogP contribution in [0.15, 0.2) is 64.4 Å². The molecule has 1 saturated heterocycles. The zero-order chi connectivity index (χ0) is 22.5. The second-order valence-corrected chi connectivity index (χ2v) is 8.81. The minimum Gasteiger partial charge on any atom is -0.385 e. The molecule has 1 amide bonds. The number of rotatable bonds is 8. The van der Waals surface area contributed by atoms with Gasteiger partial charge in [-0.05, 0) is 30.2 Å². The second-order valence-electron chi connectivity index (χ2n) is 7.13. The van der Waals surface area contributed by atoms with Gasteiger partial charge in [0.05, 0.1) is 17.0 Å². The number of carbonyl (C=O) groups excluding carboxylic acids is 1. The van der Waals surface area contributed by atoms with Crippen molar-refractivity contribution >= 4 is 51.7 Å². The molecule has 1 aliphatic heterocycles. The first-order chi connectivity index (χ1) is 15.6. The molecule has 3 aromatic rings. The van der Waals surface area contributed by atoms with Crippen LogP contribution in [0.1, 0.15) is 17.5 Å². The Bertz CT molecular complexity index is 1240. The number of ether oxygens (including phenoxy) is 1. The van der Waals surface area contributed by atoms with E-state index in [-0.39, 0.29) is 11.5 Å². The van der Waals surface area contributed by atoms with Crippen LogP contribution in [0, 0.1) is 0 Å². The standard InChI is InChI=1S/C23H22N4O3S2/c1-30-13-7-11-24-20-17(21(28)26-12-6-5-10-19(26)25-20)14-18-22(29)27(23(31)32-18)15-16-8-3-2-4-9-16/h2-6,8-10,12,14,24H,7,11,13,15H2,1H3/b18-14-. The third-order valence-electron chi connectivity index (χ3n) is 4.92. The molecule has 0 radical (unpaired) electrons. The fourth-order valence-corrected chi connectivity index (χ4v) is 4.56. The highest BCUT2D eigenvalue weighted by atomic mass is 32.2. The third-order valence-corrected chi connectivity index (χ3v) is 6.30. The number of hydrogen-bond acceptors (Lipinski definition) is 7. The van der Waals surface area contributed by atoms with Gasteiger partial charge in [0.15, 0.2) is 0 Å². The van der Waals surface area contributed by atoms with Crippen molar-refractivity contribution < 1.29 is 9.53 Å². The first-order valence-corrected chi connectivity index (χ1v) is 11.3. The Morgan fingerprint density at radius 2 is 1.94 bits per heavy atom. The van der Waals surface area contributed by atoms with Crippen molar-refractivity contribution in [2.45, 2.75) is 13.0 Å². The predicted molar refractivity (Wildman–Crippen MR) is 132 cm³/mol. The largest absolute Gasteiger partial charge is 0.385 e. The number of anilines is 1. The fraction of sp³-hybridized carbons (Fsp3) is 0.217. The Morgan fingerprint density at radius 1 is 1.16 bits per heavy atom. The number of nitrogens with zero attached hydrogens (tertiary/aromatic N) is 3. The van der Waals surface area contributed by atoms with Crippen LogP contribution in [0.3, 0.4) is 0 Å². The van der Waals surface area contributed by atoms with E-state index in [9.17, 15) is 9.59 Å². The number of methoxy groups -OCH3 is 1. The number of aromatic nitrogens is 2. The molecule has 9 heteroatoms. The van der Waals surface area contributed by atoms with E-state index in [4.69, 9.17) is 17.0 Å². The zero-order valence-electron chi connectivity index (χ0n) is 17.5. The summed E-state index contributed by atoms with van der Waals surface area (Å²) in [6.07, 6.45) is 4.01. The van der Waals surface area contributed by atoms with Crippen LogP contribution in [0.25, 0.3) is 11.7 Å². The van der Waals surface area contributed by atoms with Gasteiger partial charge < -0.3 is 10.1 Å². The molecule has 0 bridgehead atoms. The molecule has 0 aliphatic carbocycles. The summed E-state index contributed by atoms with van der Waals surface area (Å²) in [6, 6.07) is 15.0. The Morgan fingerprint density at radius 3 is 2.72 bits per heavy atom. The SMILES string of the molecule is COCCCNc1nc2ccccn2c(=O)c1/C=C1\SC(=S)N(Cc2ccccc2)C1=O. The topological polar surface area (TPSA) is 75.9 Å². The first kappa shape index (κ1) is 22.2. The summed E-state index contributed by atoms with van der Waals surface area (Å²) in [5, 5.41) is 3.22. The van der Waals surface area contributed by atoms with Crippen LogP contribution >= 0.6 is 24.0 Å². The van der Waals surface area contributed by atoms with E-state index in [0.29, 0.717) is 46.0 Å². The number of nitrogens with one attached hydrogen (secondary N) is 1. The Labute approximate surface area is 195 Å². The average Bonchev–Trinajstić information content (AvgIpc) is 3.07. The molecule has 3 heterocycles. The van der Waals surface area contributed by atoms with Gasteiger partial charge in [-0.15, -0.1) is 0 Å². The number of pyridine rings is 1. The maximum Gasteiger partial charge on any atom is 0.267 e. The minimum atomic E-state index is -0.252. The lowest BCUT2D eigenvalue weighted by Crippen LogP contribution is -2.27. The van der Waals surface area contributed by atoms with Crippen LogP contribution in [0.2, 0.25) is 0 Å². The van der Waals surface area contributed by atoms with Gasteiger partial charge in [0.1, 0.15) is 15.8 Å². The Balaban J connectivity index is 1.68. The summed E-state index contributed by atoms with van der Waals surface area (Å²) in [6.45, 7) is 1.56. The van der Waals surface area contributed by atoms with Crippen molar-refractivity contribution in [1.82, 2.24) is 14.3 Å². The number of carbonyl (C=O) groups is 1. The maximum absolute atomic E-state index is 13.2. The summed E-state index contributed by atoms with van der Waals surface area (Å²) in [5.41, 5.74) is 1.59. The maximum atomic E-state index is 13.2. The molecule has 1 N–H and O–H groups in total. The van der Waals surface area contributed by atoms with Gasteiger partial charge in [0, 0.05) is 26.5 Å². The number of thioether (sulfide) groups is 1. The fourth-order valence-electron chi connectivity index (χ4n) is 3.32. The van der Waals surface area contributed by atoms with Crippen molar-refractivity contribution in [3.63, 3.8) is 0 Å². The minimum absolute atomic E-state index is 0.216. The van der Waals surface area contributed by atoms with E-state index in [1.165, 1.54) is 16.2 Å².